The zero-order chi connectivity index (χ0) is 15.9. The Morgan fingerprint density at radius 3 is 2.68 bits per heavy atom. The average molecular weight is 318 g/mol. The van der Waals surface area contributed by atoms with E-state index >= 15 is 0 Å². The maximum absolute atomic E-state index is 12.4. The molecule has 0 saturated carbocycles. The second-order valence-electron chi connectivity index (χ2n) is 5.65. The minimum atomic E-state index is -0.242. The van der Waals surface area contributed by atoms with Crippen LogP contribution in [0.3, 0.4) is 0 Å². The van der Waals surface area contributed by atoms with Crippen molar-refractivity contribution < 1.29 is 4.79 Å². The molecule has 0 saturated heterocycles. The molecule has 0 aliphatic rings. The summed E-state index contributed by atoms with van der Waals surface area (Å²) in [5, 5.41) is 5.35. The van der Waals surface area contributed by atoms with Gasteiger partial charge in [-0.15, -0.1) is 11.3 Å². The topological polar surface area (TPSA) is 58.1 Å². The summed E-state index contributed by atoms with van der Waals surface area (Å²) in [6.45, 7) is 7.72. The summed E-state index contributed by atoms with van der Waals surface area (Å²) in [6, 6.07) is 5.61. The van der Waals surface area contributed by atoms with E-state index in [0.29, 0.717) is 17.6 Å². The van der Waals surface area contributed by atoms with Crippen LogP contribution in [0.15, 0.2) is 36.0 Å². The van der Waals surface area contributed by atoms with Gasteiger partial charge in [0.1, 0.15) is 0 Å². The Labute approximate surface area is 135 Å². The highest BCUT2D eigenvalue weighted by atomic mass is 32.1. The molecule has 2 aromatic heterocycles. The number of nitrogens with one attached hydrogen (secondary N) is 1. The first-order valence-corrected chi connectivity index (χ1v) is 8.28. The molecular weight excluding hydrogens is 296 g/mol. The van der Waals surface area contributed by atoms with Crippen LogP contribution in [0, 0.1) is 5.92 Å². The van der Waals surface area contributed by atoms with Gasteiger partial charge in [0, 0.05) is 30.9 Å². The maximum atomic E-state index is 12.4. The molecule has 0 spiro atoms. The number of hydrogen-bond acceptors (Lipinski definition) is 5. The summed E-state index contributed by atoms with van der Waals surface area (Å²) in [4.78, 5) is 23.0. The van der Waals surface area contributed by atoms with Crippen LogP contribution < -0.4 is 5.32 Å². The van der Waals surface area contributed by atoms with E-state index in [4.69, 9.17) is 0 Å². The molecule has 0 fully saturated rings. The minimum Gasteiger partial charge on any atom is -0.301 e. The predicted octanol–water partition coefficient (Wildman–Crippen LogP) is 3.02. The molecule has 0 aromatic carbocycles. The first-order valence-electron chi connectivity index (χ1n) is 7.40. The number of thiazole rings is 1. The quantitative estimate of drug-likeness (QED) is 0.852. The van der Waals surface area contributed by atoms with Gasteiger partial charge >= 0.3 is 0 Å². The van der Waals surface area contributed by atoms with Gasteiger partial charge in [0.05, 0.1) is 11.7 Å². The highest BCUT2D eigenvalue weighted by Gasteiger charge is 2.23. The fraction of sp³-hybridized carbons (Fsp3) is 0.438. The molecule has 0 aliphatic heterocycles. The van der Waals surface area contributed by atoms with Gasteiger partial charge in [0.2, 0.25) is 5.91 Å². The number of pyridine rings is 1. The average Bonchev–Trinajstić information content (AvgIpc) is 2.99. The molecule has 1 amide bonds. The van der Waals surface area contributed by atoms with Gasteiger partial charge in [0.25, 0.3) is 0 Å². The zero-order valence-corrected chi connectivity index (χ0v) is 14.0. The maximum Gasteiger partial charge on any atom is 0.243 e. The van der Waals surface area contributed by atoms with Gasteiger partial charge in [-0.2, -0.15) is 0 Å². The lowest BCUT2D eigenvalue weighted by atomic mass is 10.1. The van der Waals surface area contributed by atoms with Crippen LogP contribution in [-0.4, -0.2) is 33.4 Å². The Kier molecular flexibility index (Phi) is 6.03. The van der Waals surface area contributed by atoms with Crippen LogP contribution in [0.5, 0.6) is 0 Å². The van der Waals surface area contributed by atoms with Crippen molar-refractivity contribution in [2.45, 2.75) is 33.4 Å². The second kappa shape index (κ2) is 8.00. The van der Waals surface area contributed by atoms with Crippen LogP contribution in [0.4, 0.5) is 5.13 Å². The smallest absolute Gasteiger partial charge is 0.243 e. The molecule has 6 heteroatoms. The predicted molar refractivity (Wildman–Crippen MR) is 89.7 cm³/mol. The number of amides is 1. The van der Waals surface area contributed by atoms with Gasteiger partial charge in [-0.3, -0.25) is 14.7 Å². The molecule has 1 atom stereocenters. The van der Waals surface area contributed by atoms with Gasteiger partial charge in [-0.05, 0) is 25.0 Å². The van der Waals surface area contributed by atoms with Gasteiger partial charge < -0.3 is 5.32 Å². The first kappa shape index (κ1) is 16.6. The van der Waals surface area contributed by atoms with E-state index in [1.807, 2.05) is 30.5 Å². The summed E-state index contributed by atoms with van der Waals surface area (Å²) < 4.78 is 0. The lowest BCUT2D eigenvalue weighted by molar-refractivity contribution is -0.121. The molecule has 118 valence electrons. The van der Waals surface area contributed by atoms with Crippen LogP contribution in [0.1, 0.15) is 26.5 Å². The van der Waals surface area contributed by atoms with Crippen molar-refractivity contribution in [1.29, 1.82) is 0 Å². The van der Waals surface area contributed by atoms with Crippen molar-refractivity contribution in [1.82, 2.24) is 14.9 Å². The van der Waals surface area contributed by atoms with E-state index in [9.17, 15) is 4.79 Å². The number of hydrogen-bond donors (Lipinski definition) is 1. The van der Waals surface area contributed by atoms with Crippen LogP contribution in [0.2, 0.25) is 0 Å². The summed E-state index contributed by atoms with van der Waals surface area (Å²) in [5.41, 5.74) is 0.969. The first-order chi connectivity index (χ1) is 10.6. The Morgan fingerprint density at radius 1 is 1.27 bits per heavy atom. The molecule has 22 heavy (non-hydrogen) atoms. The van der Waals surface area contributed by atoms with E-state index in [2.05, 4.69) is 34.0 Å². The van der Waals surface area contributed by atoms with E-state index in [1.165, 1.54) is 11.3 Å². The van der Waals surface area contributed by atoms with Crippen molar-refractivity contribution in [3.8, 4) is 0 Å². The van der Waals surface area contributed by atoms with E-state index < -0.39 is 0 Å². The Morgan fingerprint density at radius 2 is 2.09 bits per heavy atom. The number of anilines is 1. The van der Waals surface area contributed by atoms with Gasteiger partial charge in [-0.1, -0.05) is 19.9 Å². The molecule has 2 aromatic rings. The van der Waals surface area contributed by atoms with Crippen molar-refractivity contribution in [3.63, 3.8) is 0 Å². The number of carbonyl (C=O) groups excluding carboxylic acids is 1. The minimum absolute atomic E-state index is 0.0356. The Balaban J connectivity index is 2.04. The third-order valence-electron chi connectivity index (χ3n) is 3.28. The molecule has 2 rings (SSSR count). The van der Waals surface area contributed by atoms with Crippen molar-refractivity contribution in [3.05, 3.63) is 41.7 Å². The number of aromatic nitrogens is 2. The van der Waals surface area contributed by atoms with E-state index in [-0.39, 0.29) is 11.9 Å². The molecule has 0 aliphatic carbocycles. The fourth-order valence-electron chi connectivity index (χ4n) is 2.19. The van der Waals surface area contributed by atoms with Gasteiger partial charge in [0.15, 0.2) is 5.13 Å². The fourth-order valence-corrected chi connectivity index (χ4v) is 2.72. The third kappa shape index (κ3) is 4.89. The second-order valence-corrected chi connectivity index (χ2v) is 6.54. The summed E-state index contributed by atoms with van der Waals surface area (Å²) >= 11 is 1.42. The Bertz CT molecular complexity index is 571. The number of nitrogens with zero attached hydrogens (tertiary/aromatic N) is 3. The van der Waals surface area contributed by atoms with Crippen molar-refractivity contribution >= 4 is 22.4 Å². The van der Waals surface area contributed by atoms with Crippen LogP contribution in [-0.2, 0) is 11.3 Å². The van der Waals surface area contributed by atoms with Crippen molar-refractivity contribution in [2.75, 3.05) is 11.9 Å². The standard InChI is InChI=1S/C16H22N4OS/c1-12(2)10-20(11-14-6-4-5-7-17-14)13(3)15(21)19-16-18-8-9-22-16/h4-9,12-13H,10-11H2,1-3H3,(H,18,19,21)/t13-/m0/s1. The molecular formula is C16H22N4OS. The number of rotatable bonds is 7. The lowest BCUT2D eigenvalue weighted by Gasteiger charge is -2.29. The highest BCUT2D eigenvalue weighted by Crippen LogP contribution is 2.14. The normalized spacial score (nSPS) is 12.6. The zero-order valence-electron chi connectivity index (χ0n) is 13.2. The lowest BCUT2D eigenvalue weighted by Crippen LogP contribution is -2.43. The van der Waals surface area contributed by atoms with Crippen LogP contribution >= 0.6 is 11.3 Å². The van der Waals surface area contributed by atoms with E-state index in [1.54, 1.807) is 12.4 Å². The molecule has 0 bridgehead atoms. The number of carbonyl (C=O) groups is 1. The third-order valence-corrected chi connectivity index (χ3v) is 3.97. The summed E-state index contributed by atoms with van der Waals surface area (Å²) in [6.07, 6.45) is 3.47. The SMILES string of the molecule is CC(C)CN(Cc1ccccn1)[C@@H](C)C(=O)Nc1nccs1. The van der Waals surface area contributed by atoms with Gasteiger partial charge in [-0.25, -0.2) is 4.98 Å². The summed E-state index contributed by atoms with van der Waals surface area (Å²) in [7, 11) is 0. The molecule has 5 nitrogen and oxygen atoms in total. The molecule has 0 unspecified atom stereocenters. The van der Waals surface area contributed by atoms with Crippen molar-refractivity contribution in [2.24, 2.45) is 5.92 Å². The van der Waals surface area contributed by atoms with E-state index in [0.717, 1.165) is 12.2 Å². The molecule has 0 radical (unpaired) electrons. The Hall–Kier alpha value is -1.79. The monoisotopic (exact) mass is 318 g/mol. The highest BCUT2D eigenvalue weighted by molar-refractivity contribution is 7.13. The summed E-state index contributed by atoms with van der Waals surface area (Å²) in [5.74, 6) is 0.436. The molecule has 2 heterocycles. The molecule has 1 N–H and O–H groups in total. The van der Waals surface area contributed by atoms with Crippen LogP contribution in [0.25, 0.3) is 0 Å². The largest absolute Gasteiger partial charge is 0.301 e.